The summed E-state index contributed by atoms with van der Waals surface area (Å²) >= 11 is 0. The number of anilines is 1. The van der Waals surface area contributed by atoms with E-state index in [2.05, 4.69) is 15.6 Å². The topological polar surface area (TPSA) is 54.9 Å². The fourth-order valence-corrected chi connectivity index (χ4v) is 2.39. The first kappa shape index (κ1) is 23.2. The Morgan fingerprint density at radius 2 is 1.93 bits per heavy atom. The van der Waals surface area contributed by atoms with Gasteiger partial charge in [0.15, 0.2) is 5.96 Å². The summed E-state index contributed by atoms with van der Waals surface area (Å²) in [6, 6.07) is 14.3. The lowest BCUT2D eigenvalue weighted by atomic mass is 10.1. The summed E-state index contributed by atoms with van der Waals surface area (Å²) in [5, 5.41) is 6.45. The van der Waals surface area contributed by atoms with Crippen molar-refractivity contribution in [2.45, 2.75) is 12.8 Å². The highest BCUT2D eigenvalue weighted by Crippen LogP contribution is 2.17. The molecule has 2 rings (SSSR count). The van der Waals surface area contributed by atoms with Gasteiger partial charge in [0.25, 0.3) is 0 Å². The molecule has 0 aliphatic rings. The summed E-state index contributed by atoms with van der Waals surface area (Å²) in [6.45, 7) is 1.94. The summed E-state index contributed by atoms with van der Waals surface area (Å²) < 4.78 is 23.9. The first-order chi connectivity index (χ1) is 12.7. The quantitative estimate of drug-likeness (QED) is 0.242. The van der Waals surface area contributed by atoms with Gasteiger partial charge in [-0.05, 0) is 36.2 Å². The van der Waals surface area contributed by atoms with E-state index < -0.39 is 0 Å². The van der Waals surface area contributed by atoms with Crippen LogP contribution in [0.2, 0.25) is 0 Å². The van der Waals surface area contributed by atoms with Crippen LogP contribution in [-0.4, -0.2) is 39.9 Å². The molecule has 2 aromatic carbocycles. The van der Waals surface area contributed by atoms with E-state index in [1.165, 1.54) is 6.07 Å². The molecule has 0 unspecified atom stereocenters. The molecule has 0 aliphatic carbocycles. The Hall–Kier alpha value is -1.87. The molecular formula is C20H27FIN3O2. The summed E-state index contributed by atoms with van der Waals surface area (Å²) in [6.07, 6.45) is 1.55. The molecule has 0 aliphatic heterocycles. The number of nitrogens with zero attached hydrogens (tertiary/aromatic N) is 1. The van der Waals surface area contributed by atoms with Gasteiger partial charge in [-0.15, -0.1) is 24.0 Å². The van der Waals surface area contributed by atoms with Crippen molar-refractivity contribution in [3.63, 3.8) is 0 Å². The van der Waals surface area contributed by atoms with Gasteiger partial charge in [0.2, 0.25) is 0 Å². The van der Waals surface area contributed by atoms with E-state index in [9.17, 15) is 4.39 Å². The number of halogens is 2. The monoisotopic (exact) mass is 487 g/mol. The van der Waals surface area contributed by atoms with Gasteiger partial charge < -0.3 is 20.1 Å². The molecular weight excluding hydrogens is 460 g/mol. The zero-order valence-corrected chi connectivity index (χ0v) is 18.0. The second-order valence-corrected chi connectivity index (χ2v) is 5.73. The average Bonchev–Trinajstić information content (AvgIpc) is 2.65. The number of benzene rings is 2. The van der Waals surface area contributed by atoms with Gasteiger partial charge in [0.1, 0.15) is 11.6 Å². The van der Waals surface area contributed by atoms with Crippen molar-refractivity contribution in [2.75, 3.05) is 39.2 Å². The first-order valence-electron chi connectivity index (χ1n) is 8.65. The van der Waals surface area contributed by atoms with Crippen molar-refractivity contribution in [1.29, 1.82) is 0 Å². The first-order valence-corrected chi connectivity index (χ1v) is 8.65. The van der Waals surface area contributed by atoms with Crippen molar-refractivity contribution in [3.05, 3.63) is 59.9 Å². The van der Waals surface area contributed by atoms with Crippen LogP contribution in [0.15, 0.2) is 53.5 Å². The normalized spacial score (nSPS) is 10.9. The molecule has 0 atom stereocenters. The van der Waals surface area contributed by atoms with E-state index in [4.69, 9.17) is 9.47 Å². The minimum absolute atomic E-state index is 0. The maximum absolute atomic E-state index is 13.2. The Labute approximate surface area is 177 Å². The van der Waals surface area contributed by atoms with E-state index in [1.54, 1.807) is 26.3 Å². The van der Waals surface area contributed by atoms with Gasteiger partial charge >= 0.3 is 0 Å². The SMILES string of the molecule is CN=C(NCCc1cccc(F)c1)Nc1cccc(OCCCOC)c1.I. The Balaban J connectivity index is 0.00000364. The Kier molecular flexibility index (Phi) is 11.4. The zero-order chi connectivity index (χ0) is 18.6. The number of methoxy groups -OCH3 is 1. The molecule has 0 saturated carbocycles. The number of nitrogens with one attached hydrogen (secondary N) is 2. The summed E-state index contributed by atoms with van der Waals surface area (Å²) in [4.78, 5) is 4.21. The molecule has 7 heteroatoms. The molecule has 2 aromatic rings. The van der Waals surface area contributed by atoms with Crippen molar-refractivity contribution >= 4 is 35.6 Å². The van der Waals surface area contributed by atoms with E-state index in [0.29, 0.717) is 32.1 Å². The molecule has 0 fully saturated rings. The largest absolute Gasteiger partial charge is 0.493 e. The van der Waals surface area contributed by atoms with Gasteiger partial charge in [-0.2, -0.15) is 0 Å². The van der Waals surface area contributed by atoms with Crippen LogP contribution in [0, 0.1) is 5.82 Å². The fraction of sp³-hybridized carbons (Fsp3) is 0.350. The van der Waals surface area contributed by atoms with Crippen LogP contribution in [0.25, 0.3) is 0 Å². The van der Waals surface area contributed by atoms with Crippen molar-refractivity contribution in [2.24, 2.45) is 4.99 Å². The highest BCUT2D eigenvalue weighted by Gasteiger charge is 2.02. The maximum Gasteiger partial charge on any atom is 0.195 e. The molecule has 5 nitrogen and oxygen atoms in total. The van der Waals surface area contributed by atoms with Gasteiger partial charge in [-0.1, -0.05) is 18.2 Å². The van der Waals surface area contributed by atoms with E-state index in [1.807, 2.05) is 30.3 Å². The number of hydrogen-bond donors (Lipinski definition) is 2. The predicted octanol–water partition coefficient (Wildman–Crippen LogP) is 4.09. The van der Waals surface area contributed by atoms with Gasteiger partial charge in [0, 0.05) is 45.5 Å². The van der Waals surface area contributed by atoms with Gasteiger partial charge in [-0.3, -0.25) is 4.99 Å². The van der Waals surface area contributed by atoms with Crippen LogP contribution in [-0.2, 0) is 11.2 Å². The standard InChI is InChI=1S/C20H26FN3O2.HI/c1-22-20(23-11-10-16-6-3-7-17(21)14-16)24-18-8-4-9-19(15-18)26-13-5-12-25-2;/h3-4,6-9,14-15H,5,10-13H2,1-2H3,(H2,22,23,24);1H. The number of aliphatic imine (C=N–C) groups is 1. The highest BCUT2D eigenvalue weighted by molar-refractivity contribution is 14.0. The van der Waals surface area contributed by atoms with Crippen LogP contribution in [0.4, 0.5) is 10.1 Å². The summed E-state index contributed by atoms with van der Waals surface area (Å²) in [5.74, 6) is 1.23. The summed E-state index contributed by atoms with van der Waals surface area (Å²) in [5.41, 5.74) is 1.83. The van der Waals surface area contributed by atoms with Crippen LogP contribution in [0.1, 0.15) is 12.0 Å². The maximum atomic E-state index is 13.2. The minimum Gasteiger partial charge on any atom is -0.493 e. The van der Waals surface area contributed by atoms with E-state index in [0.717, 1.165) is 23.4 Å². The number of ether oxygens (including phenoxy) is 2. The van der Waals surface area contributed by atoms with Crippen LogP contribution in [0.3, 0.4) is 0 Å². The third-order valence-corrected chi connectivity index (χ3v) is 3.68. The van der Waals surface area contributed by atoms with E-state index in [-0.39, 0.29) is 29.8 Å². The Morgan fingerprint density at radius 1 is 1.11 bits per heavy atom. The fourth-order valence-electron chi connectivity index (χ4n) is 2.39. The van der Waals surface area contributed by atoms with Crippen LogP contribution >= 0.6 is 24.0 Å². The zero-order valence-electron chi connectivity index (χ0n) is 15.7. The smallest absolute Gasteiger partial charge is 0.195 e. The lowest BCUT2D eigenvalue weighted by Crippen LogP contribution is -2.32. The minimum atomic E-state index is -0.215. The highest BCUT2D eigenvalue weighted by atomic mass is 127. The number of rotatable bonds is 9. The molecule has 0 saturated heterocycles. The number of guanidine groups is 1. The molecule has 0 amide bonds. The molecule has 27 heavy (non-hydrogen) atoms. The third kappa shape index (κ3) is 9.05. The molecule has 0 aromatic heterocycles. The van der Waals surface area contributed by atoms with Gasteiger partial charge in [-0.25, -0.2) is 4.39 Å². The van der Waals surface area contributed by atoms with Crippen molar-refractivity contribution in [3.8, 4) is 5.75 Å². The second-order valence-electron chi connectivity index (χ2n) is 5.73. The summed E-state index contributed by atoms with van der Waals surface area (Å²) in [7, 11) is 3.39. The van der Waals surface area contributed by atoms with Crippen LogP contribution < -0.4 is 15.4 Å². The molecule has 148 valence electrons. The third-order valence-electron chi connectivity index (χ3n) is 3.68. The lowest BCUT2D eigenvalue weighted by molar-refractivity contribution is 0.172. The van der Waals surface area contributed by atoms with E-state index >= 15 is 0 Å². The van der Waals surface area contributed by atoms with Crippen molar-refractivity contribution in [1.82, 2.24) is 5.32 Å². The number of hydrogen-bond acceptors (Lipinski definition) is 3. The molecule has 2 N–H and O–H groups in total. The molecule has 0 bridgehead atoms. The van der Waals surface area contributed by atoms with Crippen molar-refractivity contribution < 1.29 is 13.9 Å². The van der Waals surface area contributed by atoms with Gasteiger partial charge in [0.05, 0.1) is 6.61 Å². The predicted molar refractivity (Wildman–Crippen MR) is 119 cm³/mol. The molecule has 0 heterocycles. The molecule has 0 radical (unpaired) electrons. The lowest BCUT2D eigenvalue weighted by Gasteiger charge is -2.13. The Morgan fingerprint density at radius 3 is 2.67 bits per heavy atom. The Bertz CT molecular complexity index is 713. The van der Waals surface area contributed by atoms with Crippen LogP contribution in [0.5, 0.6) is 5.75 Å². The second kappa shape index (κ2) is 13.3. The average molecular weight is 487 g/mol. The molecule has 0 spiro atoms.